The first-order chi connectivity index (χ1) is 9.29. The summed E-state index contributed by atoms with van der Waals surface area (Å²) in [6.07, 6.45) is 1.79. The van der Waals surface area contributed by atoms with Gasteiger partial charge in [-0.2, -0.15) is 0 Å². The summed E-state index contributed by atoms with van der Waals surface area (Å²) in [5.74, 6) is 0.513. The van der Waals surface area contributed by atoms with Crippen LogP contribution in [0.15, 0.2) is 29.8 Å². The fourth-order valence-corrected chi connectivity index (χ4v) is 2.58. The molecule has 102 valence electrons. The van der Waals surface area contributed by atoms with Crippen molar-refractivity contribution in [2.45, 2.75) is 13.5 Å². The molecule has 0 saturated carbocycles. The first-order valence-corrected chi connectivity index (χ1v) is 7.23. The highest BCUT2D eigenvalue weighted by Crippen LogP contribution is 2.21. The molecule has 0 aromatic carbocycles. The molecule has 0 amide bonds. The van der Waals surface area contributed by atoms with Crippen molar-refractivity contribution in [2.75, 3.05) is 20.3 Å². The van der Waals surface area contributed by atoms with Crippen molar-refractivity contribution in [1.29, 1.82) is 0 Å². The van der Waals surface area contributed by atoms with Crippen LogP contribution in [-0.2, 0) is 11.3 Å². The third-order valence-electron chi connectivity index (χ3n) is 2.69. The minimum absolute atomic E-state index is 0.513. The highest BCUT2D eigenvalue weighted by atomic mass is 32.1. The van der Waals surface area contributed by atoms with E-state index in [2.05, 4.69) is 27.6 Å². The van der Waals surface area contributed by atoms with Crippen LogP contribution in [0.4, 0.5) is 0 Å². The lowest BCUT2D eigenvalue weighted by atomic mass is 10.2. The number of nitrogens with zero attached hydrogens (tertiary/aromatic N) is 2. The van der Waals surface area contributed by atoms with E-state index in [-0.39, 0.29) is 0 Å². The topological polar surface area (TPSA) is 47.0 Å². The van der Waals surface area contributed by atoms with Gasteiger partial charge < -0.3 is 10.1 Å². The second-order valence-electron chi connectivity index (χ2n) is 4.55. The normalized spacial score (nSPS) is 12.5. The fraction of sp³-hybridized carbons (Fsp3) is 0.429. The van der Waals surface area contributed by atoms with E-state index in [1.165, 1.54) is 0 Å². The van der Waals surface area contributed by atoms with Crippen LogP contribution in [0, 0.1) is 5.92 Å². The number of aromatic nitrogens is 2. The second-order valence-corrected chi connectivity index (χ2v) is 5.41. The zero-order chi connectivity index (χ0) is 13.5. The monoisotopic (exact) mass is 277 g/mol. The number of thiazole rings is 1. The van der Waals surface area contributed by atoms with Gasteiger partial charge in [-0.15, -0.1) is 11.3 Å². The van der Waals surface area contributed by atoms with E-state index in [4.69, 9.17) is 4.74 Å². The summed E-state index contributed by atoms with van der Waals surface area (Å²) in [5.41, 5.74) is 2.00. The van der Waals surface area contributed by atoms with Gasteiger partial charge in [-0.25, -0.2) is 4.98 Å². The largest absolute Gasteiger partial charge is 0.384 e. The Labute approximate surface area is 117 Å². The van der Waals surface area contributed by atoms with Gasteiger partial charge >= 0.3 is 0 Å². The Balaban J connectivity index is 1.85. The Bertz CT molecular complexity index is 486. The van der Waals surface area contributed by atoms with Crippen LogP contribution < -0.4 is 5.32 Å². The molecule has 0 aliphatic rings. The molecule has 19 heavy (non-hydrogen) atoms. The minimum atomic E-state index is 0.513. The molecule has 0 radical (unpaired) electrons. The van der Waals surface area contributed by atoms with Gasteiger partial charge in [0.1, 0.15) is 5.01 Å². The van der Waals surface area contributed by atoms with Crippen molar-refractivity contribution in [1.82, 2.24) is 15.3 Å². The Morgan fingerprint density at radius 1 is 1.42 bits per heavy atom. The first-order valence-electron chi connectivity index (χ1n) is 6.35. The van der Waals surface area contributed by atoms with Gasteiger partial charge in [0.25, 0.3) is 0 Å². The van der Waals surface area contributed by atoms with Crippen molar-refractivity contribution >= 4 is 11.3 Å². The third-order valence-corrected chi connectivity index (χ3v) is 3.60. The molecule has 1 N–H and O–H groups in total. The summed E-state index contributed by atoms with van der Waals surface area (Å²) >= 11 is 1.63. The van der Waals surface area contributed by atoms with Gasteiger partial charge in [-0.3, -0.25) is 4.98 Å². The van der Waals surface area contributed by atoms with Gasteiger partial charge in [-0.05, 0) is 18.1 Å². The molecule has 1 unspecified atom stereocenters. The van der Waals surface area contributed by atoms with Crippen LogP contribution in [0.2, 0.25) is 0 Å². The summed E-state index contributed by atoms with van der Waals surface area (Å²) in [6, 6.07) is 5.88. The lowest BCUT2D eigenvalue weighted by molar-refractivity contribution is 0.158. The maximum Gasteiger partial charge on any atom is 0.142 e. The molecule has 1 atom stereocenters. The Morgan fingerprint density at radius 2 is 2.32 bits per heavy atom. The average molecular weight is 277 g/mol. The number of methoxy groups -OCH3 is 1. The number of ether oxygens (including phenoxy) is 1. The molecule has 0 saturated heterocycles. The quantitative estimate of drug-likeness (QED) is 0.845. The van der Waals surface area contributed by atoms with Crippen LogP contribution in [0.25, 0.3) is 10.7 Å². The first kappa shape index (κ1) is 14.1. The SMILES string of the molecule is COCC(C)CNCc1csc(-c2ccccn2)n1. The van der Waals surface area contributed by atoms with Crippen molar-refractivity contribution in [3.63, 3.8) is 0 Å². The maximum absolute atomic E-state index is 5.11. The molecule has 0 bridgehead atoms. The zero-order valence-corrected chi connectivity index (χ0v) is 12.1. The standard InChI is InChI=1S/C14H19N3OS/c1-11(9-18-2)7-15-8-12-10-19-14(17-12)13-5-3-4-6-16-13/h3-6,10-11,15H,7-9H2,1-2H3. The predicted octanol–water partition coefficient (Wildman–Crippen LogP) is 2.58. The van der Waals surface area contributed by atoms with Crippen molar-refractivity contribution in [2.24, 2.45) is 5.92 Å². The Kier molecular flexibility index (Phi) is 5.44. The van der Waals surface area contributed by atoms with Crippen molar-refractivity contribution in [3.8, 4) is 10.7 Å². The molecule has 0 fully saturated rings. The molecule has 2 heterocycles. The summed E-state index contributed by atoms with van der Waals surface area (Å²) in [6.45, 7) is 4.67. The molecule has 2 rings (SSSR count). The van der Waals surface area contributed by atoms with E-state index in [0.717, 1.165) is 36.1 Å². The molecule has 0 spiro atoms. The fourth-order valence-electron chi connectivity index (χ4n) is 1.79. The van der Waals surface area contributed by atoms with E-state index in [1.807, 2.05) is 18.2 Å². The van der Waals surface area contributed by atoms with Crippen molar-refractivity contribution < 1.29 is 4.74 Å². The number of hydrogen-bond donors (Lipinski definition) is 1. The zero-order valence-electron chi connectivity index (χ0n) is 11.3. The van der Waals surface area contributed by atoms with Gasteiger partial charge in [0.05, 0.1) is 11.4 Å². The molecule has 0 aliphatic heterocycles. The van der Waals surface area contributed by atoms with Crippen LogP contribution in [0.1, 0.15) is 12.6 Å². The Morgan fingerprint density at radius 3 is 3.05 bits per heavy atom. The van der Waals surface area contributed by atoms with E-state index >= 15 is 0 Å². The predicted molar refractivity (Wildman–Crippen MR) is 78.1 cm³/mol. The third kappa shape index (κ3) is 4.38. The summed E-state index contributed by atoms with van der Waals surface area (Å²) in [7, 11) is 1.73. The number of rotatable bonds is 7. The van der Waals surface area contributed by atoms with Crippen LogP contribution in [0.5, 0.6) is 0 Å². The van der Waals surface area contributed by atoms with Crippen LogP contribution in [0.3, 0.4) is 0 Å². The molecule has 4 nitrogen and oxygen atoms in total. The second kappa shape index (κ2) is 7.33. The van der Waals surface area contributed by atoms with Crippen molar-refractivity contribution in [3.05, 3.63) is 35.5 Å². The van der Waals surface area contributed by atoms with E-state index < -0.39 is 0 Å². The number of pyridine rings is 1. The number of nitrogens with one attached hydrogen (secondary N) is 1. The summed E-state index contributed by atoms with van der Waals surface area (Å²) in [5, 5.41) is 6.45. The number of hydrogen-bond acceptors (Lipinski definition) is 5. The van der Waals surface area contributed by atoms with Crippen LogP contribution >= 0.6 is 11.3 Å². The lowest BCUT2D eigenvalue weighted by Crippen LogP contribution is -2.23. The van der Waals surface area contributed by atoms with Gasteiger partial charge in [0, 0.05) is 38.4 Å². The smallest absolute Gasteiger partial charge is 0.142 e. The van der Waals surface area contributed by atoms with Gasteiger partial charge in [0.15, 0.2) is 0 Å². The molecule has 0 aliphatic carbocycles. The molecular formula is C14H19N3OS. The average Bonchev–Trinajstić information content (AvgIpc) is 2.89. The minimum Gasteiger partial charge on any atom is -0.384 e. The van der Waals surface area contributed by atoms with Crippen LogP contribution in [-0.4, -0.2) is 30.2 Å². The molecule has 5 heteroatoms. The van der Waals surface area contributed by atoms with Gasteiger partial charge in [-0.1, -0.05) is 13.0 Å². The molecule has 2 aromatic rings. The molecule has 2 aromatic heterocycles. The summed E-state index contributed by atoms with van der Waals surface area (Å²) < 4.78 is 5.11. The van der Waals surface area contributed by atoms with E-state index in [9.17, 15) is 0 Å². The lowest BCUT2D eigenvalue weighted by Gasteiger charge is -2.10. The molecular weight excluding hydrogens is 258 g/mol. The van der Waals surface area contributed by atoms with E-state index in [0.29, 0.717) is 5.92 Å². The maximum atomic E-state index is 5.11. The highest BCUT2D eigenvalue weighted by Gasteiger charge is 2.06. The summed E-state index contributed by atoms with van der Waals surface area (Å²) in [4.78, 5) is 8.89. The highest BCUT2D eigenvalue weighted by molar-refractivity contribution is 7.13. The van der Waals surface area contributed by atoms with E-state index in [1.54, 1.807) is 24.6 Å². The van der Waals surface area contributed by atoms with Gasteiger partial charge in [0.2, 0.25) is 0 Å². The Hall–Kier alpha value is -1.30.